The minimum absolute atomic E-state index is 0.0688. The van der Waals surface area contributed by atoms with Crippen molar-refractivity contribution in [3.63, 3.8) is 0 Å². The Balaban J connectivity index is 2.04. The first-order valence-electron chi connectivity index (χ1n) is 5.93. The Bertz CT molecular complexity index is 563. The summed E-state index contributed by atoms with van der Waals surface area (Å²) in [6, 6.07) is 5.76. The Morgan fingerprint density at radius 1 is 1.28 bits per heavy atom. The van der Waals surface area contributed by atoms with Crippen LogP contribution in [0.4, 0.5) is 0 Å². The quantitative estimate of drug-likeness (QED) is 0.874. The molecule has 0 fully saturated rings. The fourth-order valence-corrected chi connectivity index (χ4v) is 2.04. The molecule has 1 aliphatic rings. The van der Waals surface area contributed by atoms with E-state index < -0.39 is 0 Å². The van der Waals surface area contributed by atoms with E-state index in [2.05, 4.69) is 4.98 Å². The summed E-state index contributed by atoms with van der Waals surface area (Å²) in [7, 11) is 0. The number of ether oxygens (including phenoxy) is 2. The first-order valence-corrected chi connectivity index (χ1v) is 5.93. The summed E-state index contributed by atoms with van der Waals surface area (Å²) < 4.78 is 13.0. The molecule has 94 valence electrons. The summed E-state index contributed by atoms with van der Waals surface area (Å²) in [4.78, 5) is 4.14. The Morgan fingerprint density at radius 3 is 2.83 bits per heavy atom. The monoisotopic (exact) mass is 245 g/mol. The molecule has 5 nitrogen and oxygen atoms in total. The molecule has 3 rings (SSSR count). The zero-order chi connectivity index (χ0) is 12.5. The van der Waals surface area contributed by atoms with Gasteiger partial charge in [0.15, 0.2) is 11.5 Å². The molecule has 0 saturated heterocycles. The van der Waals surface area contributed by atoms with E-state index in [-0.39, 0.29) is 6.04 Å². The van der Waals surface area contributed by atoms with Gasteiger partial charge in [-0.1, -0.05) is 0 Å². The standard InChI is InChI=1S/C13H15N3O2/c1-9(14)11-7-15-8-16(11)10-2-3-12-13(6-10)18-5-4-17-12/h2-3,6-9H,4-5,14H2,1H3/t9-/m0/s1. The van der Waals surface area contributed by atoms with E-state index >= 15 is 0 Å². The number of hydrogen-bond donors (Lipinski definition) is 1. The van der Waals surface area contributed by atoms with E-state index in [1.165, 1.54) is 0 Å². The molecule has 0 spiro atoms. The molecule has 1 aromatic heterocycles. The van der Waals surface area contributed by atoms with Crippen LogP contribution in [0.1, 0.15) is 18.7 Å². The Kier molecular flexibility index (Phi) is 2.68. The van der Waals surface area contributed by atoms with Crippen LogP contribution in [0.3, 0.4) is 0 Å². The van der Waals surface area contributed by atoms with Gasteiger partial charge in [0, 0.05) is 12.1 Å². The van der Waals surface area contributed by atoms with Crippen LogP contribution in [0, 0.1) is 0 Å². The van der Waals surface area contributed by atoms with Gasteiger partial charge in [0.05, 0.1) is 23.9 Å². The number of nitrogens with zero attached hydrogens (tertiary/aromatic N) is 2. The number of aromatic nitrogens is 2. The lowest BCUT2D eigenvalue weighted by molar-refractivity contribution is 0.171. The minimum Gasteiger partial charge on any atom is -0.486 e. The van der Waals surface area contributed by atoms with Gasteiger partial charge in [0.2, 0.25) is 0 Å². The molecule has 1 aromatic carbocycles. The zero-order valence-corrected chi connectivity index (χ0v) is 10.2. The molecular formula is C13H15N3O2. The lowest BCUT2D eigenvalue weighted by Crippen LogP contribution is -2.16. The molecule has 18 heavy (non-hydrogen) atoms. The number of fused-ring (bicyclic) bond motifs is 1. The second-order valence-corrected chi connectivity index (χ2v) is 4.31. The molecule has 2 aromatic rings. The lowest BCUT2D eigenvalue weighted by atomic mass is 10.2. The van der Waals surface area contributed by atoms with Gasteiger partial charge >= 0.3 is 0 Å². The SMILES string of the molecule is C[C@H](N)c1cncn1-c1ccc2c(c1)OCCO2. The molecule has 0 radical (unpaired) electrons. The van der Waals surface area contributed by atoms with Crippen LogP contribution in [0.25, 0.3) is 5.69 Å². The summed E-state index contributed by atoms with van der Waals surface area (Å²) in [5.74, 6) is 1.55. The Hall–Kier alpha value is -2.01. The topological polar surface area (TPSA) is 62.3 Å². The molecule has 5 heteroatoms. The van der Waals surface area contributed by atoms with Gasteiger partial charge < -0.3 is 19.8 Å². The maximum Gasteiger partial charge on any atom is 0.163 e. The largest absolute Gasteiger partial charge is 0.486 e. The summed E-state index contributed by atoms with van der Waals surface area (Å²) in [6.45, 7) is 3.12. The van der Waals surface area contributed by atoms with Crippen molar-refractivity contribution in [3.8, 4) is 17.2 Å². The second kappa shape index (κ2) is 4.34. The fourth-order valence-electron chi connectivity index (χ4n) is 2.04. The summed E-state index contributed by atoms with van der Waals surface area (Å²) in [6.07, 6.45) is 3.53. The van der Waals surface area contributed by atoms with Crippen molar-refractivity contribution in [2.45, 2.75) is 13.0 Å². The minimum atomic E-state index is -0.0688. The van der Waals surface area contributed by atoms with Crippen LogP contribution in [-0.4, -0.2) is 22.8 Å². The van der Waals surface area contributed by atoms with Gasteiger partial charge in [-0.25, -0.2) is 4.98 Å². The summed E-state index contributed by atoms with van der Waals surface area (Å²) in [5, 5.41) is 0. The zero-order valence-electron chi connectivity index (χ0n) is 10.2. The normalized spacial score (nSPS) is 15.4. The van der Waals surface area contributed by atoms with Gasteiger partial charge in [-0.05, 0) is 19.1 Å². The number of imidazole rings is 1. The van der Waals surface area contributed by atoms with Crippen molar-refractivity contribution >= 4 is 0 Å². The third-order valence-electron chi connectivity index (χ3n) is 2.94. The van der Waals surface area contributed by atoms with Crippen LogP contribution in [-0.2, 0) is 0 Å². The van der Waals surface area contributed by atoms with Crippen molar-refractivity contribution in [3.05, 3.63) is 36.4 Å². The van der Waals surface area contributed by atoms with Gasteiger partial charge in [-0.15, -0.1) is 0 Å². The average Bonchev–Trinajstić information content (AvgIpc) is 2.87. The van der Waals surface area contributed by atoms with Gasteiger partial charge in [-0.3, -0.25) is 0 Å². The highest BCUT2D eigenvalue weighted by atomic mass is 16.6. The van der Waals surface area contributed by atoms with Crippen molar-refractivity contribution < 1.29 is 9.47 Å². The number of hydrogen-bond acceptors (Lipinski definition) is 4. The third-order valence-corrected chi connectivity index (χ3v) is 2.94. The van der Waals surface area contributed by atoms with Crippen LogP contribution in [0.5, 0.6) is 11.5 Å². The van der Waals surface area contributed by atoms with Crippen molar-refractivity contribution in [1.29, 1.82) is 0 Å². The molecule has 0 saturated carbocycles. The molecule has 1 aliphatic heterocycles. The molecule has 0 aliphatic carbocycles. The number of rotatable bonds is 2. The number of nitrogens with two attached hydrogens (primary N) is 1. The first kappa shape index (κ1) is 11.1. The van der Waals surface area contributed by atoms with E-state index in [1.54, 1.807) is 12.5 Å². The van der Waals surface area contributed by atoms with Crippen LogP contribution >= 0.6 is 0 Å². The van der Waals surface area contributed by atoms with E-state index in [9.17, 15) is 0 Å². The molecule has 2 heterocycles. The fraction of sp³-hybridized carbons (Fsp3) is 0.308. The first-order chi connectivity index (χ1) is 8.75. The van der Waals surface area contributed by atoms with Crippen molar-refractivity contribution in [1.82, 2.24) is 9.55 Å². The maximum atomic E-state index is 5.92. The molecule has 0 unspecified atom stereocenters. The van der Waals surface area contributed by atoms with Crippen LogP contribution in [0.15, 0.2) is 30.7 Å². The van der Waals surface area contributed by atoms with E-state index in [1.807, 2.05) is 29.7 Å². The smallest absolute Gasteiger partial charge is 0.163 e. The highest BCUT2D eigenvalue weighted by Gasteiger charge is 2.14. The predicted molar refractivity (Wildman–Crippen MR) is 67.2 cm³/mol. The number of benzene rings is 1. The highest BCUT2D eigenvalue weighted by Crippen LogP contribution is 2.32. The predicted octanol–water partition coefficient (Wildman–Crippen LogP) is 1.66. The van der Waals surface area contributed by atoms with E-state index in [0.29, 0.717) is 13.2 Å². The Labute approximate surface area is 105 Å². The Morgan fingerprint density at radius 2 is 2.06 bits per heavy atom. The molecule has 0 amide bonds. The summed E-state index contributed by atoms with van der Waals surface area (Å²) in [5.41, 5.74) is 7.86. The third kappa shape index (κ3) is 1.82. The molecular weight excluding hydrogens is 230 g/mol. The molecule has 1 atom stereocenters. The van der Waals surface area contributed by atoms with Crippen molar-refractivity contribution in [2.75, 3.05) is 13.2 Å². The van der Waals surface area contributed by atoms with E-state index in [0.717, 1.165) is 22.9 Å². The molecule has 0 bridgehead atoms. The van der Waals surface area contributed by atoms with Gasteiger partial charge in [0.1, 0.15) is 13.2 Å². The molecule has 2 N–H and O–H groups in total. The maximum absolute atomic E-state index is 5.92. The van der Waals surface area contributed by atoms with Gasteiger partial charge in [0.25, 0.3) is 0 Å². The second-order valence-electron chi connectivity index (χ2n) is 4.31. The van der Waals surface area contributed by atoms with Gasteiger partial charge in [-0.2, -0.15) is 0 Å². The lowest BCUT2D eigenvalue weighted by Gasteiger charge is -2.19. The van der Waals surface area contributed by atoms with Crippen LogP contribution < -0.4 is 15.2 Å². The van der Waals surface area contributed by atoms with Crippen LogP contribution in [0.2, 0.25) is 0 Å². The van der Waals surface area contributed by atoms with Crippen molar-refractivity contribution in [2.24, 2.45) is 5.73 Å². The summed E-state index contributed by atoms with van der Waals surface area (Å²) >= 11 is 0. The average molecular weight is 245 g/mol. The highest BCUT2D eigenvalue weighted by molar-refractivity contribution is 5.50. The van der Waals surface area contributed by atoms with E-state index in [4.69, 9.17) is 15.2 Å².